The zero-order valence-corrected chi connectivity index (χ0v) is 10.7. The van der Waals surface area contributed by atoms with E-state index in [0.29, 0.717) is 0 Å². The molecule has 0 unspecified atom stereocenters. The number of carbonyl (C=O) groups is 2. The van der Waals surface area contributed by atoms with E-state index in [1.54, 1.807) is 0 Å². The predicted molar refractivity (Wildman–Crippen MR) is 65.2 cm³/mol. The van der Waals surface area contributed by atoms with Crippen LogP contribution in [0, 0.1) is 0 Å². The lowest BCUT2D eigenvalue weighted by molar-refractivity contribution is -0.145. The normalized spacial score (nSPS) is 10.5. The van der Waals surface area contributed by atoms with Crippen LogP contribution in [-0.4, -0.2) is 19.0 Å². The van der Waals surface area contributed by atoms with Gasteiger partial charge in [-0.1, -0.05) is 26.2 Å². The summed E-state index contributed by atoms with van der Waals surface area (Å²) in [5.74, 6) is -0.800. The van der Waals surface area contributed by atoms with Crippen LogP contribution in [0.3, 0.4) is 0 Å². The van der Waals surface area contributed by atoms with E-state index < -0.39 is 11.9 Å². The highest BCUT2D eigenvalue weighted by Gasteiger charge is 2.06. The summed E-state index contributed by atoms with van der Waals surface area (Å²) in [7, 11) is 1.30. The molecule has 0 bridgehead atoms. The van der Waals surface area contributed by atoms with Gasteiger partial charge in [0.2, 0.25) is 0 Å². The molecule has 0 radical (unpaired) electrons. The van der Waals surface area contributed by atoms with E-state index in [1.165, 1.54) is 32.6 Å². The summed E-state index contributed by atoms with van der Waals surface area (Å²) >= 11 is 0. The van der Waals surface area contributed by atoms with Crippen molar-refractivity contribution in [2.75, 3.05) is 7.11 Å². The third-order valence-corrected chi connectivity index (χ3v) is 2.28. The maximum Gasteiger partial charge on any atom is 0.311 e. The highest BCUT2D eigenvalue weighted by molar-refractivity contribution is 5.77. The first-order valence-corrected chi connectivity index (χ1v) is 6.12. The smallest absolute Gasteiger partial charge is 0.311 e. The fraction of sp³-hybridized carbons (Fsp3) is 0.692. The van der Waals surface area contributed by atoms with Crippen LogP contribution in [0.5, 0.6) is 0 Å². The van der Waals surface area contributed by atoms with Gasteiger partial charge in [0, 0.05) is 0 Å². The van der Waals surface area contributed by atoms with Crippen LogP contribution in [0.4, 0.5) is 0 Å². The first-order valence-electron chi connectivity index (χ1n) is 6.12. The lowest BCUT2D eigenvalue weighted by atomic mass is 10.1. The van der Waals surface area contributed by atoms with E-state index >= 15 is 0 Å². The van der Waals surface area contributed by atoms with Gasteiger partial charge in [-0.15, -0.1) is 0 Å². The molecule has 0 saturated carbocycles. The number of rotatable bonds is 9. The van der Waals surface area contributed by atoms with Gasteiger partial charge in [-0.25, -0.2) is 0 Å². The summed E-state index contributed by atoms with van der Waals surface area (Å²) in [5.41, 5.74) is 0. The first kappa shape index (κ1) is 15.7. The van der Waals surface area contributed by atoms with Crippen LogP contribution >= 0.6 is 0 Å². The van der Waals surface area contributed by atoms with Crippen molar-refractivity contribution in [3.63, 3.8) is 0 Å². The minimum atomic E-state index is -0.403. The number of allylic oxidation sites excluding steroid dienone is 1. The van der Waals surface area contributed by atoms with Crippen molar-refractivity contribution >= 4 is 11.9 Å². The minimum absolute atomic E-state index is 0.0623. The number of esters is 2. The van der Waals surface area contributed by atoms with Gasteiger partial charge in [-0.2, -0.15) is 0 Å². The van der Waals surface area contributed by atoms with Gasteiger partial charge in [0.1, 0.15) is 0 Å². The van der Waals surface area contributed by atoms with Crippen molar-refractivity contribution in [1.29, 1.82) is 0 Å². The van der Waals surface area contributed by atoms with Gasteiger partial charge in [-0.05, 0) is 18.9 Å². The zero-order chi connectivity index (χ0) is 12.9. The molecule has 0 atom stereocenters. The van der Waals surface area contributed by atoms with Crippen molar-refractivity contribution in [3.8, 4) is 0 Å². The van der Waals surface area contributed by atoms with Gasteiger partial charge < -0.3 is 9.47 Å². The molecular formula is C13H22O4. The molecule has 0 rings (SSSR count). The van der Waals surface area contributed by atoms with Gasteiger partial charge >= 0.3 is 11.9 Å². The van der Waals surface area contributed by atoms with Crippen LogP contribution in [0.2, 0.25) is 0 Å². The molecule has 0 aliphatic rings. The van der Waals surface area contributed by atoms with Gasteiger partial charge in [0.15, 0.2) is 0 Å². The molecule has 17 heavy (non-hydrogen) atoms. The molecule has 0 fully saturated rings. The fourth-order valence-electron chi connectivity index (χ4n) is 1.25. The first-order chi connectivity index (χ1) is 8.20. The number of hydrogen-bond donors (Lipinski definition) is 0. The standard InChI is InChI=1S/C13H22O4/c1-3-4-5-6-7-8-11-17-13(15)10-9-12(14)16-2/h8,11H,3-7,9-10H2,1-2H3/b11-8+. The molecule has 0 amide bonds. The molecule has 4 nitrogen and oxygen atoms in total. The van der Waals surface area contributed by atoms with Gasteiger partial charge in [-0.3, -0.25) is 9.59 Å². The Hall–Kier alpha value is -1.32. The monoisotopic (exact) mass is 242 g/mol. The van der Waals surface area contributed by atoms with E-state index in [1.807, 2.05) is 6.08 Å². The SMILES string of the molecule is CCCCCC/C=C/OC(=O)CCC(=O)OC. The number of methoxy groups -OCH3 is 1. The second-order valence-corrected chi connectivity index (χ2v) is 3.79. The highest BCUT2D eigenvalue weighted by Crippen LogP contribution is 2.03. The number of ether oxygens (including phenoxy) is 2. The van der Waals surface area contributed by atoms with Crippen LogP contribution in [0.1, 0.15) is 51.9 Å². The molecule has 98 valence electrons. The largest absolute Gasteiger partial charge is 0.469 e. The zero-order valence-electron chi connectivity index (χ0n) is 10.7. The summed E-state index contributed by atoms with van der Waals surface area (Å²) in [6.07, 6.45) is 9.08. The Kier molecular flexibility index (Phi) is 10.3. The van der Waals surface area contributed by atoms with Crippen molar-refractivity contribution in [2.24, 2.45) is 0 Å². The average Bonchev–Trinajstić information content (AvgIpc) is 2.34. The van der Waals surface area contributed by atoms with E-state index in [-0.39, 0.29) is 12.8 Å². The number of unbranched alkanes of at least 4 members (excludes halogenated alkanes) is 4. The quantitative estimate of drug-likeness (QED) is 0.354. The summed E-state index contributed by atoms with van der Waals surface area (Å²) < 4.78 is 9.23. The minimum Gasteiger partial charge on any atom is -0.469 e. The molecule has 0 aromatic carbocycles. The highest BCUT2D eigenvalue weighted by atomic mass is 16.5. The second kappa shape index (κ2) is 11.2. The van der Waals surface area contributed by atoms with Crippen LogP contribution < -0.4 is 0 Å². The molecule has 0 aliphatic carbocycles. The molecule has 0 saturated heterocycles. The third kappa shape index (κ3) is 11.0. The van der Waals surface area contributed by atoms with Gasteiger partial charge in [0.05, 0.1) is 26.2 Å². The third-order valence-electron chi connectivity index (χ3n) is 2.28. The van der Waals surface area contributed by atoms with Crippen LogP contribution in [0.25, 0.3) is 0 Å². The Labute approximate surface area is 103 Å². The molecule has 0 aromatic heterocycles. The second-order valence-electron chi connectivity index (χ2n) is 3.79. The topological polar surface area (TPSA) is 52.6 Å². The Bertz CT molecular complexity index is 246. The van der Waals surface area contributed by atoms with Crippen molar-refractivity contribution in [3.05, 3.63) is 12.3 Å². The Morgan fingerprint density at radius 2 is 1.76 bits per heavy atom. The average molecular weight is 242 g/mol. The van der Waals surface area contributed by atoms with E-state index in [0.717, 1.165) is 12.8 Å². The summed E-state index contributed by atoms with van der Waals surface area (Å²) in [6.45, 7) is 2.17. The molecule has 4 heteroatoms. The molecule has 0 heterocycles. The lowest BCUT2D eigenvalue weighted by Crippen LogP contribution is -2.06. The molecular weight excluding hydrogens is 220 g/mol. The molecule has 0 aliphatic heterocycles. The van der Waals surface area contributed by atoms with Crippen molar-refractivity contribution < 1.29 is 19.1 Å². The Morgan fingerprint density at radius 1 is 1.06 bits per heavy atom. The molecule has 0 aromatic rings. The van der Waals surface area contributed by atoms with Gasteiger partial charge in [0.25, 0.3) is 0 Å². The molecule has 0 N–H and O–H groups in total. The van der Waals surface area contributed by atoms with E-state index in [9.17, 15) is 9.59 Å². The Morgan fingerprint density at radius 3 is 2.41 bits per heavy atom. The van der Waals surface area contributed by atoms with Crippen LogP contribution in [-0.2, 0) is 19.1 Å². The molecule has 0 spiro atoms. The summed E-state index contributed by atoms with van der Waals surface area (Å²) in [5, 5.41) is 0. The number of carbonyl (C=O) groups excluding carboxylic acids is 2. The van der Waals surface area contributed by atoms with Crippen LogP contribution in [0.15, 0.2) is 12.3 Å². The van der Waals surface area contributed by atoms with Crippen molar-refractivity contribution in [1.82, 2.24) is 0 Å². The van der Waals surface area contributed by atoms with Crippen molar-refractivity contribution in [2.45, 2.75) is 51.9 Å². The number of hydrogen-bond acceptors (Lipinski definition) is 4. The lowest BCUT2D eigenvalue weighted by Gasteiger charge is -1.98. The summed E-state index contributed by atoms with van der Waals surface area (Å²) in [6, 6.07) is 0. The maximum atomic E-state index is 11.1. The van der Waals surface area contributed by atoms with E-state index in [4.69, 9.17) is 4.74 Å². The Balaban J connectivity index is 3.43. The fourth-order valence-corrected chi connectivity index (χ4v) is 1.25. The van der Waals surface area contributed by atoms with E-state index in [2.05, 4.69) is 11.7 Å². The summed E-state index contributed by atoms with van der Waals surface area (Å²) in [4.78, 5) is 21.9. The maximum absolute atomic E-state index is 11.1. The predicted octanol–water partition coefficient (Wildman–Crippen LogP) is 2.97.